The number of carbonyl (C=O) groups is 2. The number of ether oxygens (including phenoxy) is 2. The molecule has 0 saturated carbocycles. The Labute approximate surface area is 109 Å². The van der Waals surface area contributed by atoms with Gasteiger partial charge < -0.3 is 9.47 Å². The SMILES string of the molecule is O=C1CCCCCCOC(=O)CCCCCCO1. The Morgan fingerprint density at radius 3 is 1.39 bits per heavy atom. The number of hydrogen-bond donors (Lipinski definition) is 0. The minimum atomic E-state index is -0.0754. The molecule has 0 aromatic carbocycles. The van der Waals surface area contributed by atoms with Crippen LogP contribution in [0.2, 0.25) is 0 Å². The standard InChI is InChI=1S/C14H24O4/c15-13-9-5-1-3-7-11-17-14(16)10-6-2-4-8-12-18-13/h1-12H2. The van der Waals surface area contributed by atoms with Crippen molar-refractivity contribution in [2.45, 2.75) is 64.2 Å². The molecule has 1 fully saturated rings. The van der Waals surface area contributed by atoms with Gasteiger partial charge in [-0.1, -0.05) is 25.7 Å². The van der Waals surface area contributed by atoms with Crippen molar-refractivity contribution in [2.24, 2.45) is 0 Å². The molecule has 0 N–H and O–H groups in total. The van der Waals surface area contributed by atoms with Crippen molar-refractivity contribution in [1.82, 2.24) is 0 Å². The molecule has 0 bridgehead atoms. The average Bonchev–Trinajstić information content (AvgIpc) is 2.35. The second-order valence-electron chi connectivity index (χ2n) is 4.77. The van der Waals surface area contributed by atoms with Crippen molar-refractivity contribution >= 4 is 11.9 Å². The maximum Gasteiger partial charge on any atom is 0.305 e. The van der Waals surface area contributed by atoms with Gasteiger partial charge in [0.15, 0.2) is 0 Å². The van der Waals surface area contributed by atoms with Crippen molar-refractivity contribution in [3.8, 4) is 0 Å². The summed E-state index contributed by atoms with van der Waals surface area (Å²) < 4.78 is 10.3. The summed E-state index contributed by atoms with van der Waals surface area (Å²) in [4.78, 5) is 22.7. The molecular formula is C14H24O4. The zero-order valence-corrected chi connectivity index (χ0v) is 11.1. The number of cyclic esters (lactones) is 2. The van der Waals surface area contributed by atoms with Gasteiger partial charge in [-0.2, -0.15) is 0 Å². The Balaban J connectivity index is 2.21. The van der Waals surface area contributed by atoms with Gasteiger partial charge in [0.1, 0.15) is 0 Å². The van der Waals surface area contributed by atoms with Crippen LogP contribution in [0.3, 0.4) is 0 Å². The molecule has 1 heterocycles. The number of carbonyl (C=O) groups excluding carboxylic acids is 2. The molecule has 104 valence electrons. The zero-order valence-electron chi connectivity index (χ0n) is 11.1. The van der Waals surface area contributed by atoms with E-state index in [-0.39, 0.29) is 11.9 Å². The first-order chi connectivity index (χ1) is 8.79. The molecule has 0 unspecified atom stereocenters. The fourth-order valence-electron chi connectivity index (χ4n) is 1.97. The van der Waals surface area contributed by atoms with Crippen molar-refractivity contribution in [3.63, 3.8) is 0 Å². The summed E-state index contributed by atoms with van der Waals surface area (Å²) in [5, 5.41) is 0. The highest BCUT2D eigenvalue weighted by Gasteiger charge is 2.05. The monoisotopic (exact) mass is 256 g/mol. The van der Waals surface area contributed by atoms with E-state index in [4.69, 9.17) is 9.47 Å². The largest absolute Gasteiger partial charge is 0.466 e. The normalized spacial score (nSPS) is 22.0. The smallest absolute Gasteiger partial charge is 0.305 e. The molecule has 0 aromatic rings. The molecule has 0 aromatic heterocycles. The molecule has 1 saturated heterocycles. The van der Waals surface area contributed by atoms with E-state index in [9.17, 15) is 9.59 Å². The maximum absolute atomic E-state index is 11.3. The third kappa shape index (κ3) is 8.09. The van der Waals surface area contributed by atoms with E-state index in [0.717, 1.165) is 51.4 Å². The molecule has 4 nitrogen and oxygen atoms in total. The van der Waals surface area contributed by atoms with Gasteiger partial charge in [0.2, 0.25) is 0 Å². The van der Waals surface area contributed by atoms with E-state index in [2.05, 4.69) is 0 Å². The van der Waals surface area contributed by atoms with Gasteiger partial charge in [-0.15, -0.1) is 0 Å². The van der Waals surface area contributed by atoms with Crippen LogP contribution in [0.5, 0.6) is 0 Å². The molecule has 0 aliphatic carbocycles. The first kappa shape index (κ1) is 15.0. The lowest BCUT2D eigenvalue weighted by atomic mass is 10.1. The second kappa shape index (κ2) is 9.92. The van der Waals surface area contributed by atoms with Gasteiger partial charge in [-0.25, -0.2) is 0 Å². The Hall–Kier alpha value is -1.06. The van der Waals surface area contributed by atoms with E-state index in [0.29, 0.717) is 26.1 Å². The lowest BCUT2D eigenvalue weighted by molar-refractivity contribution is -0.144. The second-order valence-corrected chi connectivity index (χ2v) is 4.77. The van der Waals surface area contributed by atoms with Crippen LogP contribution < -0.4 is 0 Å². The molecule has 1 aliphatic rings. The van der Waals surface area contributed by atoms with Crippen molar-refractivity contribution < 1.29 is 19.1 Å². The van der Waals surface area contributed by atoms with Crippen LogP contribution >= 0.6 is 0 Å². The van der Waals surface area contributed by atoms with Crippen molar-refractivity contribution in [2.75, 3.05) is 13.2 Å². The Morgan fingerprint density at radius 2 is 0.944 bits per heavy atom. The third-order valence-corrected chi connectivity index (χ3v) is 3.08. The topological polar surface area (TPSA) is 52.6 Å². The fraction of sp³-hybridized carbons (Fsp3) is 0.857. The highest BCUT2D eigenvalue weighted by atomic mass is 16.5. The maximum atomic E-state index is 11.3. The third-order valence-electron chi connectivity index (χ3n) is 3.08. The van der Waals surface area contributed by atoms with Gasteiger partial charge in [0.05, 0.1) is 13.2 Å². The summed E-state index contributed by atoms with van der Waals surface area (Å²) in [5.41, 5.74) is 0. The Kier molecular flexibility index (Phi) is 8.26. The summed E-state index contributed by atoms with van der Waals surface area (Å²) in [5.74, 6) is -0.151. The molecule has 0 radical (unpaired) electrons. The van der Waals surface area contributed by atoms with Gasteiger partial charge in [0, 0.05) is 12.8 Å². The van der Waals surface area contributed by atoms with Crippen LogP contribution in [0.1, 0.15) is 64.2 Å². The highest BCUT2D eigenvalue weighted by molar-refractivity contribution is 5.69. The molecule has 1 rings (SSSR count). The lowest BCUT2D eigenvalue weighted by Gasteiger charge is -2.07. The molecule has 4 heteroatoms. The summed E-state index contributed by atoms with van der Waals surface area (Å²) in [6, 6.07) is 0. The minimum Gasteiger partial charge on any atom is -0.466 e. The van der Waals surface area contributed by atoms with E-state index >= 15 is 0 Å². The van der Waals surface area contributed by atoms with Gasteiger partial charge in [0.25, 0.3) is 0 Å². The van der Waals surface area contributed by atoms with Crippen LogP contribution in [-0.2, 0) is 19.1 Å². The van der Waals surface area contributed by atoms with Crippen molar-refractivity contribution in [3.05, 3.63) is 0 Å². The number of esters is 2. The van der Waals surface area contributed by atoms with Gasteiger partial charge in [-0.3, -0.25) is 9.59 Å². The molecule has 0 atom stereocenters. The molecular weight excluding hydrogens is 232 g/mol. The van der Waals surface area contributed by atoms with Gasteiger partial charge >= 0.3 is 11.9 Å². The van der Waals surface area contributed by atoms with Crippen LogP contribution in [0, 0.1) is 0 Å². The van der Waals surface area contributed by atoms with E-state index in [1.807, 2.05) is 0 Å². The quantitative estimate of drug-likeness (QED) is 0.625. The first-order valence-corrected chi connectivity index (χ1v) is 7.10. The number of rotatable bonds is 0. The summed E-state index contributed by atoms with van der Waals surface area (Å²) >= 11 is 0. The van der Waals surface area contributed by atoms with Crippen LogP contribution in [0.25, 0.3) is 0 Å². The molecule has 0 amide bonds. The Bertz CT molecular complexity index is 204. The summed E-state index contributed by atoms with van der Waals surface area (Å²) in [6.07, 6.45) is 8.53. The van der Waals surface area contributed by atoms with Crippen LogP contribution in [0.15, 0.2) is 0 Å². The summed E-state index contributed by atoms with van der Waals surface area (Å²) in [6.45, 7) is 1.03. The van der Waals surface area contributed by atoms with Crippen molar-refractivity contribution in [1.29, 1.82) is 0 Å². The predicted molar refractivity (Wildman–Crippen MR) is 68.1 cm³/mol. The van der Waals surface area contributed by atoms with Crippen LogP contribution in [0.4, 0.5) is 0 Å². The molecule has 1 aliphatic heterocycles. The predicted octanol–water partition coefficient (Wildman–Crippen LogP) is 2.99. The molecule has 18 heavy (non-hydrogen) atoms. The summed E-state index contributed by atoms with van der Waals surface area (Å²) in [7, 11) is 0. The Morgan fingerprint density at radius 1 is 0.556 bits per heavy atom. The fourth-order valence-corrected chi connectivity index (χ4v) is 1.97. The van der Waals surface area contributed by atoms with E-state index < -0.39 is 0 Å². The molecule has 0 spiro atoms. The first-order valence-electron chi connectivity index (χ1n) is 7.10. The minimum absolute atomic E-state index is 0.0754. The average molecular weight is 256 g/mol. The highest BCUT2D eigenvalue weighted by Crippen LogP contribution is 2.08. The number of hydrogen-bond acceptors (Lipinski definition) is 4. The van der Waals surface area contributed by atoms with Gasteiger partial charge in [-0.05, 0) is 25.7 Å². The zero-order chi connectivity index (χ0) is 13.1. The van der Waals surface area contributed by atoms with Crippen LogP contribution in [-0.4, -0.2) is 25.2 Å². The van der Waals surface area contributed by atoms with E-state index in [1.54, 1.807) is 0 Å². The van der Waals surface area contributed by atoms with E-state index in [1.165, 1.54) is 0 Å². The lowest BCUT2D eigenvalue weighted by Crippen LogP contribution is -2.07.